The molecular formula is C13H10BrFN2O. The molecule has 3 nitrogen and oxygen atoms in total. The number of nitrogens with one attached hydrogen (secondary N) is 1. The van der Waals surface area contributed by atoms with E-state index in [1.165, 1.54) is 18.3 Å². The van der Waals surface area contributed by atoms with E-state index in [1.807, 2.05) is 0 Å². The third kappa shape index (κ3) is 3.37. The van der Waals surface area contributed by atoms with E-state index in [4.69, 9.17) is 0 Å². The predicted molar refractivity (Wildman–Crippen MR) is 69.5 cm³/mol. The zero-order chi connectivity index (χ0) is 13.0. The van der Waals surface area contributed by atoms with Gasteiger partial charge < -0.3 is 5.32 Å². The second-order valence-corrected chi connectivity index (χ2v) is 4.49. The summed E-state index contributed by atoms with van der Waals surface area (Å²) in [7, 11) is 0. The first-order valence-corrected chi connectivity index (χ1v) is 6.08. The van der Waals surface area contributed by atoms with Crippen LogP contribution in [0.3, 0.4) is 0 Å². The number of amides is 1. The van der Waals surface area contributed by atoms with Gasteiger partial charge in [-0.15, -0.1) is 0 Å². The van der Waals surface area contributed by atoms with Gasteiger partial charge in [0.15, 0.2) is 0 Å². The van der Waals surface area contributed by atoms with Crippen molar-refractivity contribution in [3.63, 3.8) is 0 Å². The maximum atomic E-state index is 12.9. The number of halogens is 2. The highest BCUT2D eigenvalue weighted by Crippen LogP contribution is 2.07. The number of hydrogen-bond donors (Lipinski definition) is 1. The van der Waals surface area contributed by atoms with Crippen molar-refractivity contribution >= 4 is 21.8 Å². The third-order valence-electron chi connectivity index (χ3n) is 2.33. The van der Waals surface area contributed by atoms with E-state index in [1.54, 1.807) is 24.3 Å². The molecule has 0 aliphatic carbocycles. The van der Waals surface area contributed by atoms with E-state index >= 15 is 0 Å². The van der Waals surface area contributed by atoms with Crippen LogP contribution in [0.4, 0.5) is 4.39 Å². The average molecular weight is 309 g/mol. The van der Waals surface area contributed by atoms with Crippen molar-refractivity contribution in [3.8, 4) is 0 Å². The van der Waals surface area contributed by atoms with Gasteiger partial charge in [-0.2, -0.15) is 0 Å². The van der Waals surface area contributed by atoms with Gasteiger partial charge in [0.1, 0.15) is 10.4 Å². The Labute approximate surface area is 112 Å². The molecule has 2 aromatic rings. The van der Waals surface area contributed by atoms with Crippen LogP contribution in [0.15, 0.2) is 47.2 Å². The Morgan fingerprint density at radius 3 is 2.83 bits per heavy atom. The summed E-state index contributed by atoms with van der Waals surface area (Å²) in [6.07, 6.45) is 1.48. The SMILES string of the molecule is O=C(NCc1cccc(F)c1)c1ccc(Br)nc1. The molecule has 0 unspecified atom stereocenters. The van der Waals surface area contributed by atoms with Gasteiger partial charge in [-0.05, 0) is 45.8 Å². The van der Waals surface area contributed by atoms with Crippen LogP contribution in [0.1, 0.15) is 15.9 Å². The fourth-order valence-electron chi connectivity index (χ4n) is 1.44. The molecule has 0 aliphatic rings. The molecule has 18 heavy (non-hydrogen) atoms. The first kappa shape index (κ1) is 12.7. The molecule has 0 bridgehead atoms. The van der Waals surface area contributed by atoms with Gasteiger partial charge in [0.25, 0.3) is 5.91 Å². The Kier molecular flexibility index (Phi) is 4.04. The average Bonchev–Trinajstić information content (AvgIpc) is 2.37. The second kappa shape index (κ2) is 5.73. The Balaban J connectivity index is 1.98. The van der Waals surface area contributed by atoms with Gasteiger partial charge in [0, 0.05) is 12.7 Å². The van der Waals surface area contributed by atoms with Gasteiger partial charge in [-0.1, -0.05) is 12.1 Å². The summed E-state index contributed by atoms with van der Waals surface area (Å²) in [5.74, 6) is -0.550. The van der Waals surface area contributed by atoms with Gasteiger partial charge >= 0.3 is 0 Å². The van der Waals surface area contributed by atoms with Crippen LogP contribution in [0.25, 0.3) is 0 Å². The van der Waals surface area contributed by atoms with Crippen molar-refractivity contribution in [3.05, 3.63) is 64.1 Å². The fourth-order valence-corrected chi connectivity index (χ4v) is 1.68. The topological polar surface area (TPSA) is 42.0 Å². The van der Waals surface area contributed by atoms with Crippen molar-refractivity contribution in [2.75, 3.05) is 0 Å². The monoisotopic (exact) mass is 308 g/mol. The van der Waals surface area contributed by atoms with Crippen molar-refractivity contribution in [1.29, 1.82) is 0 Å². The number of pyridine rings is 1. The molecule has 1 N–H and O–H groups in total. The van der Waals surface area contributed by atoms with Crippen molar-refractivity contribution in [2.45, 2.75) is 6.54 Å². The molecule has 0 spiro atoms. The summed E-state index contributed by atoms with van der Waals surface area (Å²) in [5, 5.41) is 2.70. The van der Waals surface area contributed by atoms with Crippen LogP contribution in [0.5, 0.6) is 0 Å². The highest BCUT2D eigenvalue weighted by molar-refractivity contribution is 9.10. The number of benzene rings is 1. The number of nitrogens with zero attached hydrogens (tertiary/aromatic N) is 1. The van der Waals surface area contributed by atoms with E-state index < -0.39 is 0 Å². The molecule has 1 amide bonds. The number of hydrogen-bond acceptors (Lipinski definition) is 2. The second-order valence-electron chi connectivity index (χ2n) is 3.68. The number of carbonyl (C=O) groups is 1. The number of carbonyl (C=O) groups excluding carboxylic acids is 1. The van der Waals surface area contributed by atoms with Crippen LogP contribution < -0.4 is 5.32 Å². The first-order valence-electron chi connectivity index (χ1n) is 5.29. The Morgan fingerprint density at radius 1 is 1.33 bits per heavy atom. The molecule has 1 aromatic heterocycles. The minimum absolute atomic E-state index is 0.237. The Hall–Kier alpha value is -1.75. The van der Waals surface area contributed by atoms with Gasteiger partial charge in [-0.3, -0.25) is 4.79 Å². The Morgan fingerprint density at radius 2 is 2.17 bits per heavy atom. The van der Waals surface area contributed by atoms with Gasteiger partial charge in [-0.25, -0.2) is 9.37 Å². The minimum atomic E-state index is -0.313. The summed E-state index contributed by atoms with van der Waals surface area (Å²) in [6.45, 7) is 0.284. The van der Waals surface area contributed by atoms with Crippen LogP contribution >= 0.6 is 15.9 Å². The molecule has 0 fully saturated rings. The number of aromatic nitrogens is 1. The molecule has 1 heterocycles. The highest BCUT2D eigenvalue weighted by atomic mass is 79.9. The van der Waals surface area contributed by atoms with E-state index in [0.29, 0.717) is 15.7 Å². The lowest BCUT2D eigenvalue weighted by atomic mass is 10.2. The van der Waals surface area contributed by atoms with Crippen molar-refractivity contribution in [2.24, 2.45) is 0 Å². The summed E-state index contributed by atoms with van der Waals surface area (Å²) >= 11 is 3.19. The van der Waals surface area contributed by atoms with E-state index in [-0.39, 0.29) is 18.3 Å². The minimum Gasteiger partial charge on any atom is -0.348 e. The normalized spacial score (nSPS) is 10.1. The van der Waals surface area contributed by atoms with E-state index in [2.05, 4.69) is 26.2 Å². The fraction of sp³-hybridized carbons (Fsp3) is 0.0769. The smallest absolute Gasteiger partial charge is 0.253 e. The maximum Gasteiger partial charge on any atom is 0.253 e. The molecule has 1 aromatic carbocycles. The van der Waals surface area contributed by atoms with Gasteiger partial charge in [0.05, 0.1) is 5.56 Å². The maximum absolute atomic E-state index is 12.9. The quantitative estimate of drug-likeness (QED) is 0.886. The molecule has 0 saturated carbocycles. The summed E-state index contributed by atoms with van der Waals surface area (Å²) in [6, 6.07) is 9.47. The molecule has 0 saturated heterocycles. The zero-order valence-electron chi connectivity index (χ0n) is 9.36. The molecule has 0 atom stereocenters. The molecule has 2 rings (SSSR count). The highest BCUT2D eigenvalue weighted by Gasteiger charge is 2.05. The lowest BCUT2D eigenvalue weighted by Gasteiger charge is -2.05. The predicted octanol–water partition coefficient (Wildman–Crippen LogP) is 2.91. The lowest BCUT2D eigenvalue weighted by Crippen LogP contribution is -2.22. The Bertz CT molecular complexity index is 557. The molecule has 0 aliphatic heterocycles. The standard InChI is InChI=1S/C13H10BrFN2O/c14-12-5-4-10(8-16-12)13(18)17-7-9-2-1-3-11(15)6-9/h1-6,8H,7H2,(H,17,18). The van der Waals surface area contributed by atoms with Crippen molar-refractivity contribution < 1.29 is 9.18 Å². The van der Waals surface area contributed by atoms with E-state index in [0.717, 1.165) is 0 Å². The molecular weight excluding hydrogens is 299 g/mol. The van der Waals surface area contributed by atoms with Gasteiger partial charge in [0.2, 0.25) is 0 Å². The van der Waals surface area contributed by atoms with Crippen LogP contribution in [0.2, 0.25) is 0 Å². The summed E-state index contributed by atoms with van der Waals surface area (Å²) in [5.41, 5.74) is 1.18. The largest absolute Gasteiger partial charge is 0.348 e. The zero-order valence-corrected chi connectivity index (χ0v) is 10.9. The third-order valence-corrected chi connectivity index (χ3v) is 2.80. The molecule has 5 heteroatoms. The summed E-state index contributed by atoms with van der Waals surface area (Å²) in [4.78, 5) is 15.7. The first-order chi connectivity index (χ1) is 8.65. The number of rotatable bonds is 3. The van der Waals surface area contributed by atoms with Crippen LogP contribution in [-0.2, 0) is 6.54 Å². The van der Waals surface area contributed by atoms with Crippen molar-refractivity contribution in [1.82, 2.24) is 10.3 Å². The molecule has 0 radical (unpaired) electrons. The van der Waals surface area contributed by atoms with Crippen LogP contribution in [-0.4, -0.2) is 10.9 Å². The van der Waals surface area contributed by atoms with Crippen LogP contribution in [0, 0.1) is 5.82 Å². The molecule has 92 valence electrons. The lowest BCUT2D eigenvalue weighted by molar-refractivity contribution is 0.0950. The van der Waals surface area contributed by atoms with E-state index in [9.17, 15) is 9.18 Å². The summed E-state index contributed by atoms with van der Waals surface area (Å²) < 4.78 is 13.6.